The number of hydrogen-bond acceptors (Lipinski definition) is 6. The van der Waals surface area contributed by atoms with E-state index >= 15 is 0 Å². The number of fused-ring (bicyclic) bond motifs is 3. The van der Waals surface area contributed by atoms with E-state index in [1.54, 1.807) is 21.3 Å². The van der Waals surface area contributed by atoms with Crippen LogP contribution < -0.4 is 24.4 Å². The summed E-state index contributed by atoms with van der Waals surface area (Å²) in [7, 11) is 4.92. The van der Waals surface area contributed by atoms with Crippen molar-refractivity contribution in [3.8, 4) is 23.0 Å². The number of benzene rings is 3. The summed E-state index contributed by atoms with van der Waals surface area (Å²) in [6.07, 6.45) is 1.73. The molecule has 0 saturated heterocycles. The van der Waals surface area contributed by atoms with Gasteiger partial charge in [0.1, 0.15) is 11.5 Å². The number of hydrogen-bond donors (Lipinski definition) is 1. The van der Waals surface area contributed by atoms with Gasteiger partial charge in [-0.2, -0.15) is 5.01 Å². The third kappa shape index (κ3) is 3.42. The van der Waals surface area contributed by atoms with Crippen LogP contribution in [0, 0.1) is 0 Å². The van der Waals surface area contributed by atoms with Gasteiger partial charge in [0, 0.05) is 10.6 Å². The number of nitrogens with zero attached hydrogens (tertiary/aromatic N) is 1. The highest BCUT2D eigenvalue weighted by molar-refractivity contribution is 6.30. The summed E-state index contributed by atoms with van der Waals surface area (Å²) >= 11 is 6.33. The van der Waals surface area contributed by atoms with Crippen LogP contribution >= 0.6 is 11.6 Å². The first-order chi connectivity index (χ1) is 15.6. The number of rotatable bonds is 5. The van der Waals surface area contributed by atoms with Gasteiger partial charge in [0.15, 0.2) is 17.7 Å². The summed E-state index contributed by atoms with van der Waals surface area (Å²) in [5.41, 5.74) is 7.40. The topological polar surface area (TPSA) is 52.2 Å². The van der Waals surface area contributed by atoms with Crippen molar-refractivity contribution in [1.82, 2.24) is 10.4 Å². The molecule has 0 bridgehead atoms. The maximum atomic E-state index is 6.47. The summed E-state index contributed by atoms with van der Waals surface area (Å²) in [5.74, 6) is 2.87. The normalized spacial score (nSPS) is 19.2. The Kier molecular flexibility index (Phi) is 5.33. The summed E-state index contributed by atoms with van der Waals surface area (Å²) in [6.45, 7) is 0. The van der Waals surface area contributed by atoms with E-state index in [4.69, 9.17) is 30.5 Å². The zero-order chi connectivity index (χ0) is 22.2. The van der Waals surface area contributed by atoms with E-state index < -0.39 is 6.23 Å². The SMILES string of the molecule is COc1ccc(C2=CC3c4cc(Cl)ccc4OC(c4cccc(OC)c4OC)N3N2)cc1. The van der Waals surface area contributed by atoms with Gasteiger partial charge in [-0.3, -0.25) is 0 Å². The lowest BCUT2D eigenvalue weighted by Gasteiger charge is -2.39. The molecule has 1 N–H and O–H groups in total. The van der Waals surface area contributed by atoms with Crippen molar-refractivity contribution < 1.29 is 18.9 Å². The molecule has 0 radical (unpaired) electrons. The maximum Gasteiger partial charge on any atom is 0.199 e. The average Bonchev–Trinajstić information content (AvgIpc) is 3.29. The second kappa shape index (κ2) is 8.30. The minimum atomic E-state index is -0.453. The molecule has 2 heterocycles. The third-order valence-electron chi connectivity index (χ3n) is 5.76. The second-order valence-electron chi connectivity index (χ2n) is 7.51. The lowest BCUT2D eigenvalue weighted by Crippen LogP contribution is -2.43. The van der Waals surface area contributed by atoms with Gasteiger partial charge in [-0.15, -0.1) is 0 Å². The lowest BCUT2D eigenvalue weighted by atomic mass is 10.0. The van der Waals surface area contributed by atoms with Gasteiger partial charge < -0.3 is 24.4 Å². The van der Waals surface area contributed by atoms with Gasteiger partial charge in [0.2, 0.25) is 0 Å². The zero-order valence-corrected chi connectivity index (χ0v) is 18.7. The summed E-state index contributed by atoms with van der Waals surface area (Å²) in [4.78, 5) is 0. The quantitative estimate of drug-likeness (QED) is 0.564. The predicted molar refractivity (Wildman–Crippen MR) is 123 cm³/mol. The number of methoxy groups -OCH3 is 3. The first kappa shape index (κ1) is 20.5. The lowest BCUT2D eigenvalue weighted by molar-refractivity contribution is -0.0340. The van der Waals surface area contributed by atoms with Crippen molar-refractivity contribution in [3.63, 3.8) is 0 Å². The van der Waals surface area contributed by atoms with Gasteiger partial charge in [-0.25, -0.2) is 0 Å². The van der Waals surface area contributed by atoms with Crippen molar-refractivity contribution in [2.45, 2.75) is 12.3 Å². The molecule has 0 aromatic heterocycles. The van der Waals surface area contributed by atoms with E-state index in [0.29, 0.717) is 16.5 Å². The van der Waals surface area contributed by atoms with E-state index in [1.165, 1.54) is 0 Å². The van der Waals surface area contributed by atoms with Crippen LogP contribution in [0.5, 0.6) is 23.0 Å². The number of nitrogens with one attached hydrogen (secondary N) is 1. The molecule has 164 valence electrons. The Morgan fingerprint density at radius 2 is 1.72 bits per heavy atom. The van der Waals surface area contributed by atoms with Crippen molar-refractivity contribution in [1.29, 1.82) is 0 Å². The molecule has 2 unspecified atom stereocenters. The van der Waals surface area contributed by atoms with E-state index in [-0.39, 0.29) is 6.04 Å². The Morgan fingerprint density at radius 3 is 2.44 bits per heavy atom. The molecular formula is C25H23ClN2O4. The molecule has 5 rings (SSSR count). The molecular weight excluding hydrogens is 428 g/mol. The largest absolute Gasteiger partial charge is 0.497 e. The molecule has 0 aliphatic carbocycles. The molecule has 2 aliphatic heterocycles. The number of ether oxygens (including phenoxy) is 4. The fourth-order valence-electron chi connectivity index (χ4n) is 4.21. The molecule has 3 aromatic carbocycles. The van der Waals surface area contributed by atoms with Crippen molar-refractivity contribution in [2.24, 2.45) is 0 Å². The van der Waals surface area contributed by atoms with Gasteiger partial charge in [-0.1, -0.05) is 17.7 Å². The zero-order valence-electron chi connectivity index (χ0n) is 18.0. The Hall–Kier alpha value is -3.35. The van der Waals surface area contributed by atoms with Crippen LogP contribution in [0.25, 0.3) is 5.70 Å². The summed E-state index contributed by atoms with van der Waals surface area (Å²) < 4.78 is 23.0. The molecule has 0 fully saturated rings. The fourth-order valence-corrected chi connectivity index (χ4v) is 4.39. The smallest absolute Gasteiger partial charge is 0.199 e. The molecule has 3 aromatic rings. The van der Waals surface area contributed by atoms with E-state index in [9.17, 15) is 0 Å². The van der Waals surface area contributed by atoms with Crippen molar-refractivity contribution in [3.05, 3.63) is 88.5 Å². The van der Waals surface area contributed by atoms with Gasteiger partial charge in [0.05, 0.1) is 38.6 Å². The van der Waals surface area contributed by atoms with Crippen molar-refractivity contribution >= 4 is 17.3 Å². The van der Waals surface area contributed by atoms with Gasteiger partial charge in [0.25, 0.3) is 0 Å². The molecule has 6 nitrogen and oxygen atoms in total. The molecule has 0 saturated carbocycles. The highest BCUT2D eigenvalue weighted by Gasteiger charge is 2.41. The van der Waals surface area contributed by atoms with Crippen LogP contribution in [-0.2, 0) is 0 Å². The predicted octanol–water partition coefficient (Wildman–Crippen LogP) is 5.36. The standard InChI is InChI=1S/C25H23ClN2O4/c1-29-17-10-7-15(8-11-17)20-14-21-19-13-16(26)9-12-22(19)32-25(28(21)27-20)18-5-4-6-23(30-2)24(18)31-3/h4-14,21,25,27H,1-3H3. The minimum absolute atomic E-state index is 0.0875. The van der Waals surface area contributed by atoms with Crippen LogP contribution in [0.2, 0.25) is 5.02 Å². The van der Waals surface area contributed by atoms with E-state index in [0.717, 1.165) is 33.9 Å². The van der Waals surface area contributed by atoms with Crippen LogP contribution in [0.1, 0.15) is 29.0 Å². The third-order valence-corrected chi connectivity index (χ3v) is 5.99. The molecule has 2 aliphatic rings. The highest BCUT2D eigenvalue weighted by atomic mass is 35.5. The highest BCUT2D eigenvalue weighted by Crippen LogP contribution is 2.49. The van der Waals surface area contributed by atoms with Gasteiger partial charge >= 0.3 is 0 Å². The van der Waals surface area contributed by atoms with Crippen LogP contribution in [0.3, 0.4) is 0 Å². The van der Waals surface area contributed by atoms with E-state index in [1.807, 2.05) is 60.7 Å². The number of hydrazine groups is 1. The minimum Gasteiger partial charge on any atom is -0.497 e. The average molecular weight is 451 g/mol. The summed E-state index contributed by atoms with van der Waals surface area (Å²) in [5, 5.41) is 2.73. The van der Waals surface area contributed by atoms with Crippen LogP contribution in [0.15, 0.2) is 66.7 Å². The molecule has 32 heavy (non-hydrogen) atoms. The molecule has 0 spiro atoms. The monoisotopic (exact) mass is 450 g/mol. The number of para-hydroxylation sites is 1. The van der Waals surface area contributed by atoms with E-state index in [2.05, 4.69) is 16.5 Å². The molecule has 0 amide bonds. The second-order valence-corrected chi connectivity index (χ2v) is 7.94. The van der Waals surface area contributed by atoms with Gasteiger partial charge in [-0.05, 0) is 66.2 Å². The summed E-state index contributed by atoms with van der Waals surface area (Å²) in [6, 6.07) is 19.3. The molecule has 7 heteroatoms. The number of halogens is 1. The Balaban J connectivity index is 1.60. The maximum absolute atomic E-state index is 6.47. The first-order valence-electron chi connectivity index (χ1n) is 10.2. The Morgan fingerprint density at radius 1 is 0.906 bits per heavy atom. The Labute approximate surface area is 191 Å². The van der Waals surface area contributed by atoms with Crippen LogP contribution in [-0.4, -0.2) is 26.3 Å². The fraction of sp³-hybridized carbons (Fsp3) is 0.200. The van der Waals surface area contributed by atoms with Crippen molar-refractivity contribution in [2.75, 3.05) is 21.3 Å². The van der Waals surface area contributed by atoms with Crippen LogP contribution in [0.4, 0.5) is 0 Å². The Bertz CT molecular complexity index is 1180. The molecule has 2 atom stereocenters. The first-order valence-corrected chi connectivity index (χ1v) is 10.6.